The molecule has 0 saturated heterocycles. The standard InChI is InChI=1S/C25H32F3N5O/c1-15-12-18-16-6-3-4-7-20(16)31-23(18)24(33(15)14-22(27)28)17-8-9-21(32-25(17)34-2)19(29)13-30-11-5-10-26/h3-4,6-9,15,19,22,24,30-31H,5,10-14,29H2,1-2H3/t15-,19?,24-/m1/s1. The SMILES string of the molecule is COc1nc(C(N)CNCCCF)ccc1[C@@H]1c2[nH]c3ccccc3c2C[C@@H](C)N1CC(F)F. The number of rotatable bonds is 10. The maximum atomic E-state index is 13.6. The first-order chi connectivity index (χ1) is 16.4. The van der Waals surface area contributed by atoms with Gasteiger partial charge in [0.2, 0.25) is 5.88 Å². The van der Waals surface area contributed by atoms with Gasteiger partial charge in [-0.25, -0.2) is 13.8 Å². The van der Waals surface area contributed by atoms with Crippen molar-refractivity contribution in [1.82, 2.24) is 20.2 Å². The van der Waals surface area contributed by atoms with Crippen molar-refractivity contribution in [2.24, 2.45) is 5.73 Å². The number of methoxy groups -OCH3 is 1. The van der Waals surface area contributed by atoms with E-state index in [-0.39, 0.29) is 19.3 Å². The number of ether oxygens (including phenoxy) is 1. The van der Waals surface area contributed by atoms with E-state index >= 15 is 0 Å². The zero-order valence-electron chi connectivity index (χ0n) is 19.5. The van der Waals surface area contributed by atoms with Gasteiger partial charge in [-0.2, -0.15) is 0 Å². The van der Waals surface area contributed by atoms with Crippen LogP contribution in [0.3, 0.4) is 0 Å². The molecule has 0 aliphatic carbocycles. The van der Waals surface area contributed by atoms with Gasteiger partial charge in [-0.15, -0.1) is 0 Å². The number of halogens is 3. The van der Waals surface area contributed by atoms with Crippen LogP contribution in [0.1, 0.15) is 47.9 Å². The molecule has 0 spiro atoms. The van der Waals surface area contributed by atoms with Gasteiger partial charge in [-0.05, 0) is 50.1 Å². The van der Waals surface area contributed by atoms with Gasteiger partial charge in [0.1, 0.15) is 0 Å². The molecule has 1 aromatic carbocycles. The van der Waals surface area contributed by atoms with E-state index in [4.69, 9.17) is 10.5 Å². The Bertz CT molecular complexity index is 1110. The second-order valence-corrected chi connectivity index (χ2v) is 8.79. The first kappa shape index (κ1) is 24.5. The Kier molecular flexibility index (Phi) is 7.75. The van der Waals surface area contributed by atoms with Crippen molar-refractivity contribution in [2.75, 3.05) is 33.4 Å². The Morgan fingerprint density at radius 3 is 2.79 bits per heavy atom. The summed E-state index contributed by atoms with van der Waals surface area (Å²) < 4.78 is 45.2. The van der Waals surface area contributed by atoms with Crippen molar-refractivity contribution in [3.05, 3.63) is 58.9 Å². The number of fused-ring (bicyclic) bond motifs is 3. The summed E-state index contributed by atoms with van der Waals surface area (Å²) in [5.41, 5.74) is 10.6. The topological polar surface area (TPSA) is 79.2 Å². The fourth-order valence-corrected chi connectivity index (χ4v) is 4.88. The summed E-state index contributed by atoms with van der Waals surface area (Å²) >= 11 is 0. The minimum Gasteiger partial charge on any atom is -0.481 e. The highest BCUT2D eigenvalue weighted by Crippen LogP contribution is 2.43. The number of para-hydroxylation sites is 1. The number of nitrogens with one attached hydrogen (secondary N) is 2. The highest BCUT2D eigenvalue weighted by molar-refractivity contribution is 5.85. The Labute approximate surface area is 197 Å². The normalized spacial score (nSPS) is 19.5. The number of nitrogens with zero attached hydrogens (tertiary/aromatic N) is 2. The Morgan fingerprint density at radius 2 is 2.06 bits per heavy atom. The lowest BCUT2D eigenvalue weighted by molar-refractivity contribution is 0.0448. The highest BCUT2D eigenvalue weighted by Gasteiger charge is 2.38. The van der Waals surface area contributed by atoms with Crippen molar-refractivity contribution in [3.63, 3.8) is 0 Å². The largest absolute Gasteiger partial charge is 0.481 e. The average Bonchev–Trinajstić information content (AvgIpc) is 3.19. The van der Waals surface area contributed by atoms with Crippen molar-refractivity contribution in [1.29, 1.82) is 0 Å². The van der Waals surface area contributed by atoms with E-state index < -0.39 is 18.5 Å². The van der Waals surface area contributed by atoms with Gasteiger partial charge in [-0.1, -0.05) is 18.2 Å². The van der Waals surface area contributed by atoms with Crippen LogP contribution in [0.25, 0.3) is 10.9 Å². The monoisotopic (exact) mass is 475 g/mol. The van der Waals surface area contributed by atoms with Gasteiger partial charge in [-0.3, -0.25) is 9.29 Å². The van der Waals surface area contributed by atoms with Crippen LogP contribution in [-0.4, -0.2) is 60.8 Å². The van der Waals surface area contributed by atoms with Crippen molar-refractivity contribution < 1.29 is 17.9 Å². The van der Waals surface area contributed by atoms with Crippen LogP contribution in [0, 0.1) is 0 Å². The van der Waals surface area contributed by atoms with E-state index in [0.717, 1.165) is 22.2 Å². The van der Waals surface area contributed by atoms with Gasteiger partial charge < -0.3 is 20.8 Å². The molecule has 0 saturated carbocycles. The number of alkyl halides is 3. The minimum atomic E-state index is -2.47. The summed E-state index contributed by atoms with van der Waals surface area (Å²) in [6, 6.07) is 10.7. The van der Waals surface area contributed by atoms with Crippen LogP contribution < -0.4 is 15.8 Å². The highest BCUT2D eigenvalue weighted by atomic mass is 19.3. The van der Waals surface area contributed by atoms with E-state index in [1.807, 2.05) is 42.2 Å². The van der Waals surface area contributed by atoms with E-state index in [9.17, 15) is 13.2 Å². The molecule has 0 amide bonds. The molecule has 184 valence electrons. The summed E-state index contributed by atoms with van der Waals surface area (Å²) in [5.74, 6) is 0.361. The predicted molar refractivity (Wildman–Crippen MR) is 127 cm³/mol. The quantitative estimate of drug-likeness (QED) is 0.385. The van der Waals surface area contributed by atoms with E-state index in [2.05, 4.69) is 21.4 Å². The maximum absolute atomic E-state index is 13.6. The van der Waals surface area contributed by atoms with E-state index in [1.165, 1.54) is 7.11 Å². The number of aromatic nitrogens is 2. The van der Waals surface area contributed by atoms with Crippen LogP contribution >= 0.6 is 0 Å². The summed E-state index contributed by atoms with van der Waals surface area (Å²) in [4.78, 5) is 9.94. The number of H-pyrrole nitrogens is 1. The molecule has 1 aliphatic heterocycles. The van der Waals surface area contributed by atoms with Crippen LogP contribution in [0.5, 0.6) is 5.88 Å². The molecule has 0 bridgehead atoms. The van der Waals surface area contributed by atoms with Crippen LogP contribution in [0.15, 0.2) is 36.4 Å². The smallest absolute Gasteiger partial charge is 0.251 e. The predicted octanol–water partition coefficient (Wildman–Crippen LogP) is 4.12. The first-order valence-corrected chi connectivity index (χ1v) is 11.6. The molecule has 0 radical (unpaired) electrons. The van der Waals surface area contributed by atoms with Gasteiger partial charge in [0.25, 0.3) is 6.43 Å². The Balaban J connectivity index is 1.74. The van der Waals surface area contributed by atoms with Gasteiger partial charge in [0, 0.05) is 34.7 Å². The third-order valence-electron chi connectivity index (χ3n) is 6.50. The molecular weight excluding hydrogens is 443 g/mol. The zero-order valence-corrected chi connectivity index (χ0v) is 19.5. The van der Waals surface area contributed by atoms with Gasteiger partial charge >= 0.3 is 0 Å². The van der Waals surface area contributed by atoms with Gasteiger partial charge in [0.05, 0.1) is 38.1 Å². The molecule has 4 rings (SSSR count). The molecule has 1 aliphatic rings. The Hall–Kier alpha value is -2.62. The first-order valence-electron chi connectivity index (χ1n) is 11.6. The van der Waals surface area contributed by atoms with Gasteiger partial charge in [0.15, 0.2) is 0 Å². The molecule has 2 aromatic heterocycles. The average molecular weight is 476 g/mol. The fourth-order valence-electron chi connectivity index (χ4n) is 4.88. The second kappa shape index (κ2) is 10.8. The lowest BCUT2D eigenvalue weighted by Crippen LogP contribution is -2.45. The molecule has 34 heavy (non-hydrogen) atoms. The second-order valence-electron chi connectivity index (χ2n) is 8.79. The molecule has 3 aromatic rings. The minimum absolute atomic E-state index is 0.1000. The maximum Gasteiger partial charge on any atom is 0.251 e. The molecule has 9 heteroatoms. The third-order valence-corrected chi connectivity index (χ3v) is 6.50. The fraction of sp³-hybridized carbons (Fsp3) is 0.480. The molecule has 6 nitrogen and oxygen atoms in total. The molecule has 4 N–H and O–H groups in total. The lowest BCUT2D eigenvalue weighted by atomic mass is 9.88. The number of hydrogen-bond donors (Lipinski definition) is 3. The van der Waals surface area contributed by atoms with Crippen LogP contribution in [0.2, 0.25) is 0 Å². The third kappa shape index (κ3) is 4.92. The molecule has 3 atom stereocenters. The summed E-state index contributed by atoms with van der Waals surface area (Å²) in [6.45, 7) is 2.22. The van der Waals surface area contributed by atoms with E-state index in [1.54, 1.807) is 0 Å². The molecule has 0 fully saturated rings. The number of benzene rings is 1. The number of pyridine rings is 1. The number of hydrogen-bond acceptors (Lipinski definition) is 5. The van der Waals surface area contributed by atoms with Crippen LogP contribution in [-0.2, 0) is 6.42 Å². The van der Waals surface area contributed by atoms with Crippen molar-refractivity contribution in [2.45, 2.75) is 44.3 Å². The summed E-state index contributed by atoms with van der Waals surface area (Å²) in [5, 5.41) is 4.23. The van der Waals surface area contributed by atoms with Crippen LogP contribution in [0.4, 0.5) is 13.2 Å². The van der Waals surface area contributed by atoms with Crippen molar-refractivity contribution in [3.8, 4) is 5.88 Å². The summed E-state index contributed by atoms with van der Waals surface area (Å²) in [7, 11) is 1.52. The zero-order chi connectivity index (χ0) is 24.2. The lowest BCUT2D eigenvalue weighted by Gasteiger charge is -2.41. The summed E-state index contributed by atoms with van der Waals surface area (Å²) in [6.07, 6.45) is -1.38. The van der Waals surface area contributed by atoms with E-state index in [0.29, 0.717) is 43.1 Å². The Morgan fingerprint density at radius 1 is 1.26 bits per heavy atom. The number of nitrogens with two attached hydrogens (primary N) is 1. The molecular formula is C25H32F3N5O. The van der Waals surface area contributed by atoms with Crippen molar-refractivity contribution >= 4 is 10.9 Å². The molecule has 1 unspecified atom stereocenters. The number of aromatic amines is 1. The molecule has 3 heterocycles.